The van der Waals surface area contributed by atoms with E-state index >= 15 is 0 Å². The van der Waals surface area contributed by atoms with Crippen molar-refractivity contribution in [2.45, 2.75) is 18.9 Å². The van der Waals surface area contributed by atoms with Crippen molar-refractivity contribution in [3.63, 3.8) is 0 Å². The van der Waals surface area contributed by atoms with Gasteiger partial charge in [0.05, 0.1) is 5.56 Å². The Balaban J connectivity index is 2.82. The molecule has 2 amide bonds. The van der Waals surface area contributed by atoms with Crippen LogP contribution in [0.25, 0.3) is 0 Å². The number of nitrogens with two attached hydrogens (primary N) is 2. The van der Waals surface area contributed by atoms with Gasteiger partial charge in [0.25, 0.3) is 5.91 Å². The van der Waals surface area contributed by atoms with Gasteiger partial charge >= 0.3 is 5.97 Å². The molecule has 1 unspecified atom stereocenters. The van der Waals surface area contributed by atoms with E-state index in [1.165, 1.54) is 6.07 Å². The minimum atomic E-state index is -1.24. The summed E-state index contributed by atoms with van der Waals surface area (Å²) in [5.41, 5.74) is 11.1. The third-order valence-electron chi connectivity index (χ3n) is 2.52. The van der Waals surface area contributed by atoms with E-state index in [1.807, 2.05) is 0 Å². The fraction of sp³-hybridized carbons (Fsp3) is 0.250. The average molecular weight is 344 g/mol. The number of anilines is 1. The van der Waals surface area contributed by atoms with Crippen LogP contribution in [0.2, 0.25) is 0 Å². The van der Waals surface area contributed by atoms with Gasteiger partial charge in [0.1, 0.15) is 6.04 Å². The van der Waals surface area contributed by atoms with Crippen LogP contribution < -0.4 is 16.8 Å². The fourth-order valence-corrected chi connectivity index (χ4v) is 1.92. The summed E-state index contributed by atoms with van der Waals surface area (Å²) in [6.45, 7) is 0. The molecule has 0 saturated heterocycles. The van der Waals surface area contributed by atoms with Crippen LogP contribution >= 0.6 is 15.9 Å². The molecule has 108 valence electrons. The van der Waals surface area contributed by atoms with E-state index in [2.05, 4.69) is 21.2 Å². The fourth-order valence-electron chi connectivity index (χ4n) is 1.50. The number of hydrogen-bond donors (Lipinski definition) is 4. The van der Waals surface area contributed by atoms with Crippen molar-refractivity contribution >= 4 is 39.4 Å². The number of nitrogens with one attached hydrogen (secondary N) is 1. The molecule has 0 heterocycles. The van der Waals surface area contributed by atoms with Gasteiger partial charge in [0, 0.05) is 16.6 Å². The van der Waals surface area contributed by atoms with E-state index in [4.69, 9.17) is 16.6 Å². The highest BCUT2D eigenvalue weighted by atomic mass is 79.9. The smallest absolute Gasteiger partial charge is 0.326 e. The molecule has 0 spiro atoms. The predicted molar refractivity (Wildman–Crippen MR) is 75.9 cm³/mol. The third-order valence-corrected chi connectivity index (χ3v) is 3.21. The lowest BCUT2D eigenvalue weighted by Crippen LogP contribution is -2.41. The molecule has 0 aliphatic heterocycles. The Hall–Kier alpha value is -2.09. The molecule has 1 atom stereocenters. The maximum absolute atomic E-state index is 12.0. The molecule has 1 aromatic carbocycles. The van der Waals surface area contributed by atoms with Gasteiger partial charge in [-0.2, -0.15) is 0 Å². The number of carbonyl (C=O) groups is 3. The summed E-state index contributed by atoms with van der Waals surface area (Å²) in [5, 5.41) is 11.3. The summed E-state index contributed by atoms with van der Waals surface area (Å²) < 4.78 is 0.489. The summed E-state index contributed by atoms with van der Waals surface area (Å²) >= 11 is 3.18. The summed E-state index contributed by atoms with van der Waals surface area (Å²) in [5.74, 6) is -2.46. The first-order chi connectivity index (χ1) is 9.31. The number of benzene rings is 1. The van der Waals surface area contributed by atoms with Gasteiger partial charge in [0.15, 0.2) is 0 Å². The molecule has 7 nitrogen and oxygen atoms in total. The van der Waals surface area contributed by atoms with Crippen molar-refractivity contribution in [2.75, 3.05) is 5.73 Å². The SMILES string of the molecule is NC(=O)CCC(NC(=O)c1cc(N)ccc1Br)C(=O)O. The van der Waals surface area contributed by atoms with Crippen LogP contribution in [0.4, 0.5) is 5.69 Å². The Morgan fingerprint density at radius 1 is 1.35 bits per heavy atom. The number of carbonyl (C=O) groups excluding carboxylic acids is 2. The zero-order chi connectivity index (χ0) is 15.3. The number of rotatable bonds is 6. The van der Waals surface area contributed by atoms with Crippen LogP contribution in [0.15, 0.2) is 22.7 Å². The highest BCUT2D eigenvalue weighted by molar-refractivity contribution is 9.10. The molecule has 0 bridgehead atoms. The van der Waals surface area contributed by atoms with Crippen molar-refractivity contribution in [1.29, 1.82) is 0 Å². The van der Waals surface area contributed by atoms with Gasteiger partial charge in [-0.15, -0.1) is 0 Å². The zero-order valence-electron chi connectivity index (χ0n) is 10.4. The molecule has 0 aliphatic carbocycles. The molecule has 20 heavy (non-hydrogen) atoms. The standard InChI is InChI=1S/C12H14BrN3O4/c13-8-2-1-6(14)5-7(8)11(18)16-9(12(19)20)3-4-10(15)17/h1-2,5,9H,3-4,14H2,(H2,15,17)(H,16,18)(H,19,20). The maximum Gasteiger partial charge on any atom is 0.326 e. The van der Waals surface area contributed by atoms with Crippen molar-refractivity contribution in [3.05, 3.63) is 28.2 Å². The average Bonchev–Trinajstić information content (AvgIpc) is 2.36. The molecule has 1 rings (SSSR count). The molecular weight excluding hydrogens is 330 g/mol. The first kappa shape index (κ1) is 16.0. The van der Waals surface area contributed by atoms with Gasteiger partial charge in [-0.3, -0.25) is 9.59 Å². The third kappa shape index (κ3) is 4.54. The number of halogens is 1. The van der Waals surface area contributed by atoms with Crippen LogP contribution in [-0.4, -0.2) is 28.9 Å². The molecule has 0 aliphatic rings. The molecule has 0 aromatic heterocycles. The number of aliphatic carboxylic acids is 1. The Labute approximate surface area is 123 Å². The van der Waals surface area contributed by atoms with Crippen molar-refractivity contribution in [2.24, 2.45) is 5.73 Å². The van der Waals surface area contributed by atoms with Crippen molar-refractivity contribution in [1.82, 2.24) is 5.32 Å². The lowest BCUT2D eigenvalue weighted by Gasteiger charge is -2.14. The molecular formula is C12H14BrN3O4. The van der Waals surface area contributed by atoms with E-state index in [-0.39, 0.29) is 18.4 Å². The number of nitrogen functional groups attached to an aromatic ring is 1. The molecule has 1 aromatic rings. The van der Waals surface area contributed by atoms with Crippen LogP contribution in [0.1, 0.15) is 23.2 Å². The van der Waals surface area contributed by atoms with Gasteiger partial charge in [-0.1, -0.05) is 0 Å². The van der Waals surface area contributed by atoms with Gasteiger partial charge < -0.3 is 21.9 Å². The van der Waals surface area contributed by atoms with E-state index < -0.39 is 23.8 Å². The second-order valence-corrected chi connectivity index (χ2v) is 4.96. The Bertz CT molecular complexity index is 548. The summed E-state index contributed by atoms with van der Waals surface area (Å²) in [4.78, 5) is 33.7. The number of carboxylic acids is 1. The molecule has 0 saturated carbocycles. The van der Waals surface area contributed by atoms with Gasteiger partial charge in [-0.25, -0.2) is 4.79 Å². The normalized spacial score (nSPS) is 11.7. The summed E-state index contributed by atoms with van der Waals surface area (Å²) in [6.07, 6.45) is -0.203. The second kappa shape index (κ2) is 6.90. The first-order valence-electron chi connectivity index (χ1n) is 5.68. The minimum Gasteiger partial charge on any atom is -0.480 e. The zero-order valence-corrected chi connectivity index (χ0v) is 12.0. The van der Waals surface area contributed by atoms with Crippen LogP contribution in [0, 0.1) is 0 Å². The monoisotopic (exact) mass is 343 g/mol. The highest BCUT2D eigenvalue weighted by Gasteiger charge is 2.22. The number of hydrogen-bond acceptors (Lipinski definition) is 4. The van der Waals surface area contributed by atoms with E-state index in [1.54, 1.807) is 12.1 Å². The Kier molecular flexibility index (Phi) is 5.51. The first-order valence-corrected chi connectivity index (χ1v) is 6.47. The Morgan fingerprint density at radius 2 is 2.00 bits per heavy atom. The van der Waals surface area contributed by atoms with E-state index in [0.717, 1.165) is 0 Å². The van der Waals surface area contributed by atoms with E-state index in [0.29, 0.717) is 10.2 Å². The molecule has 0 radical (unpaired) electrons. The minimum absolute atomic E-state index is 0.0731. The topological polar surface area (TPSA) is 136 Å². The van der Waals surface area contributed by atoms with Gasteiger partial charge in [0.2, 0.25) is 5.91 Å². The van der Waals surface area contributed by atoms with E-state index in [9.17, 15) is 14.4 Å². The molecule has 0 fully saturated rings. The summed E-state index contributed by atoms with van der Waals surface area (Å²) in [7, 11) is 0. The lowest BCUT2D eigenvalue weighted by molar-refractivity contribution is -0.139. The number of primary amides is 1. The summed E-state index contributed by atoms with van der Waals surface area (Å²) in [6, 6.07) is 3.42. The van der Waals surface area contributed by atoms with Crippen LogP contribution in [0.5, 0.6) is 0 Å². The van der Waals surface area contributed by atoms with Crippen LogP contribution in [-0.2, 0) is 9.59 Å². The number of amides is 2. The van der Waals surface area contributed by atoms with Crippen LogP contribution in [0.3, 0.4) is 0 Å². The lowest BCUT2D eigenvalue weighted by atomic mass is 10.1. The predicted octanol–water partition coefficient (Wildman–Crippen LogP) is 0.480. The maximum atomic E-state index is 12.0. The highest BCUT2D eigenvalue weighted by Crippen LogP contribution is 2.19. The number of carboxylic acid groups (broad SMARTS) is 1. The molecule has 6 N–H and O–H groups in total. The largest absolute Gasteiger partial charge is 0.480 e. The van der Waals surface area contributed by atoms with Crippen molar-refractivity contribution in [3.8, 4) is 0 Å². The Morgan fingerprint density at radius 3 is 2.55 bits per heavy atom. The quantitative estimate of drug-likeness (QED) is 0.557. The van der Waals surface area contributed by atoms with Crippen molar-refractivity contribution < 1.29 is 19.5 Å². The molecule has 8 heteroatoms. The second-order valence-electron chi connectivity index (χ2n) is 4.11. The van der Waals surface area contributed by atoms with Gasteiger partial charge in [-0.05, 0) is 40.5 Å².